The van der Waals surface area contributed by atoms with E-state index in [4.69, 9.17) is 0 Å². The number of nitrogens with zero attached hydrogens (tertiary/aromatic N) is 4. The normalized spacial score (nSPS) is 14.9. The number of para-hydroxylation sites is 1. The quantitative estimate of drug-likeness (QED) is 0.728. The molecule has 0 saturated carbocycles. The zero-order chi connectivity index (χ0) is 19.3. The number of anilines is 3. The number of hydrogen-bond acceptors (Lipinski definition) is 5. The first-order chi connectivity index (χ1) is 13.7. The number of halogens is 1. The van der Waals surface area contributed by atoms with Crippen LogP contribution in [0.4, 0.5) is 21.8 Å². The molecular weight excluding hydrogens is 353 g/mol. The van der Waals surface area contributed by atoms with Gasteiger partial charge < -0.3 is 10.2 Å². The van der Waals surface area contributed by atoms with Crippen LogP contribution in [0.15, 0.2) is 60.7 Å². The number of aryl methyl sites for hydroxylation is 1. The van der Waals surface area contributed by atoms with Gasteiger partial charge in [0.15, 0.2) is 0 Å². The van der Waals surface area contributed by atoms with Gasteiger partial charge in [-0.05, 0) is 24.6 Å². The Hall–Kier alpha value is -2.99. The van der Waals surface area contributed by atoms with Gasteiger partial charge in [-0.25, -0.2) is 9.37 Å². The standard InChI is InChI=1S/C22H24FN5/c1-17-15-21(26-22(24-17)25-20-10-6-5-9-19(20)23)28-13-11-27(12-14-28)16-18-7-3-2-4-8-18/h2-10,15H,11-14,16H2,1H3,(H,24,25,26). The van der Waals surface area contributed by atoms with Crippen molar-refractivity contribution in [2.45, 2.75) is 13.5 Å². The molecule has 1 aromatic heterocycles. The minimum absolute atomic E-state index is 0.316. The molecule has 0 unspecified atom stereocenters. The highest BCUT2D eigenvalue weighted by atomic mass is 19.1. The molecule has 0 bridgehead atoms. The van der Waals surface area contributed by atoms with Gasteiger partial charge in [-0.3, -0.25) is 4.90 Å². The van der Waals surface area contributed by atoms with E-state index in [0.29, 0.717) is 11.6 Å². The Kier molecular flexibility index (Phi) is 5.48. The Labute approximate surface area is 164 Å². The number of hydrogen-bond donors (Lipinski definition) is 1. The highest BCUT2D eigenvalue weighted by Crippen LogP contribution is 2.21. The van der Waals surface area contributed by atoms with Crippen LogP contribution < -0.4 is 10.2 Å². The van der Waals surface area contributed by atoms with Crippen molar-refractivity contribution in [2.24, 2.45) is 0 Å². The van der Waals surface area contributed by atoms with Gasteiger partial charge in [0.2, 0.25) is 5.95 Å². The zero-order valence-corrected chi connectivity index (χ0v) is 16.0. The average Bonchev–Trinajstić information content (AvgIpc) is 2.71. The molecule has 1 aliphatic heterocycles. The van der Waals surface area contributed by atoms with Crippen LogP contribution in [0.25, 0.3) is 0 Å². The number of piperazine rings is 1. The summed E-state index contributed by atoms with van der Waals surface area (Å²) in [6, 6.07) is 19.1. The van der Waals surface area contributed by atoms with E-state index >= 15 is 0 Å². The summed E-state index contributed by atoms with van der Waals surface area (Å²) in [5.41, 5.74) is 2.58. The van der Waals surface area contributed by atoms with Crippen molar-refractivity contribution in [3.63, 3.8) is 0 Å². The second kappa shape index (κ2) is 8.35. The molecule has 0 atom stereocenters. The molecule has 0 radical (unpaired) electrons. The third kappa shape index (κ3) is 4.46. The van der Waals surface area contributed by atoms with Crippen LogP contribution in [-0.2, 0) is 6.54 Å². The highest BCUT2D eigenvalue weighted by Gasteiger charge is 2.19. The first-order valence-corrected chi connectivity index (χ1v) is 9.56. The van der Waals surface area contributed by atoms with Crippen molar-refractivity contribution in [2.75, 3.05) is 36.4 Å². The number of nitrogens with one attached hydrogen (secondary N) is 1. The zero-order valence-electron chi connectivity index (χ0n) is 16.0. The minimum Gasteiger partial charge on any atom is -0.354 e. The summed E-state index contributed by atoms with van der Waals surface area (Å²) >= 11 is 0. The molecule has 144 valence electrons. The van der Waals surface area contributed by atoms with E-state index in [0.717, 1.165) is 44.2 Å². The van der Waals surface area contributed by atoms with Crippen molar-refractivity contribution < 1.29 is 4.39 Å². The van der Waals surface area contributed by atoms with Gasteiger partial charge >= 0.3 is 0 Å². The van der Waals surface area contributed by atoms with E-state index in [1.165, 1.54) is 11.6 Å². The summed E-state index contributed by atoms with van der Waals surface area (Å²) in [6.07, 6.45) is 0. The fourth-order valence-electron chi connectivity index (χ4n) is 3.43. The Morgan fingerprint density at radius 2 is 1.64 bits per heavy atom. The van der Waals surface area contributed by atoms with Gasteiger partial charge in [0.05, 0.1) is 5.69 Å². The number of aromatic nitrogens is 2. The van der Waals surface area contributed by atoms with E-state index in [1.807, 2.05) is 19.1 Å². The van der Waals surface area contributed by atoms with Crippen LogP contribution >= 0.6 is 0 Å². The predicted molar refractivity (Wildman–Crippen MR) is 110 cm³/mol. The highest BCUT2D eigenvalue weighted by molar-refractivity contribution is 5.56. The molecule has 1 N–H and O–H groups in total. The molecule has 1 aliphatic rings. The Morgan fingerprint density at radius 3 is 2.39 bits per heavy atom. The summed E-state index contributed by atoms with van der Waals surface area (Å²) < 4.78 is 13.9. The van der Waals surface area contributed by atoms with E-state index < -0.39 is 0 Å². The SMILES string of the molecule is Cc1cc(N2CCN(Cc3ccccc3)CC2)nc(Nc2ccccc2F)n1. The van der Waals surface area contributed by atoms with Crippen LogP contribution in [0.5, 0.6) is 0 Å². The number of benzene rings is 2. The number of rotatable bonds is 5. The molecule has 4 rings (SSSR count). The third-order valence-corrected chi connectivity index (χ3v) is 4.91. The molecule has 0 spiro atoms. The largest absolute Gasteiger partial charge is 0.354 e. The maximum absolute atomic E-state index is 13.9. The molecule has 1 fully saturated rings. The first-order valence-electron chi connectivity index (χ1n) is 9.56. The summed E-state index contributed by atoms with van der Waals surface area (Å²) in [5.74, 6) is 0.987. The van der Waals surface area contributed by atoms with E-state index in [2.05, 4.69) is 49.4 Å². The Bertz CT molecular complexity index is 923. The van der Waals surface area contributed by atoms with Crippen LogP contribution in [0.1, 0.15) is 11.3 Å². The summed E-state index contributed by atoms with van der Waals surface area (Å²) in [7, 11) is 0. The van der Waals surface area contributed by atoms with Crippen molar-refractivity contribution in [3.05, 3.63) is 77.7 Å². The fraction of sp³-hybridized carbons (Fsp3) is 0.273. The minimum atomic E-state index is -0.316. The van der Waals surface area contributed by atoms with Gasteiger partial charge in [0.25, 0.3) is 0 Å². The second-order valence-electron chi connectivity index (χ2n) is 7.04. The molecule has 2 heterocycles. The maximum Gasteiger partial charge on any atom is 0.229 e. The lowest BCUT2D eigenvalue weighted by Crippen LogP contribution is -2.46. The fourth-order valence-corrected chi connectivity index (χ4v) is 3.43. The monoisotopic (exact) mass is 377 g/mol. The van der Waals surface area contributed by atoms with Gasteiger partial charge in [0.1, 0.15) is 11.6 Å². The first kappa shape index (κ1) is 18.4. The topological polar surface area (TPSA) is 44.3 Å². The molecule has 0 amide bonds. The van der Waals surface area contributed by atoms with Crippen LogP contribution in [-0.4, -0.2) is 41.0 Å². The molecule has 1 saturated heterocycles. The molecule has 2 aromatic carbocycles. The van der Waals surface area contributed by atoms with E-state index in [1.54, 1.807) is 18.2 Å². The lowest BCUT2D eigenvalue weighted by atomic mass is 10.2. The van der Waals surface area contributed by atoms with Crippen LogP contribution in [0.3, 0.4) is 0 Å². The van der Waals surface area contributed by atoms with E-state index in [9.17, 15) is 4.39 Å². The van der Waals surface area contributed by atoms with Crippen molar-refractivity contribution in [3.8, 4) is 0 Å². The molecule has 28 heavy (non-hydrogen) atoms. The third-order valence-electron chi connectivity index (χ3n) is 4.91. The lowest BCUT2D eigenvalue weighted by Gasteiger charge is -2.35. The van der Waals surface area contributed by atoms with Crippen LogP contribution in [0.2, 0.25) is 0 Å². The van der Waals surface area contributed by atoms with Gasteiger partial charge in [0, 0.05) is 44.5 Å². The molecule has 3 aromatic rings. The van der Waals surface area contributed by atoms with Gasteiger partial charge in [-0.15, -0.1) is 0 Å². The predicted octanol–water partition coefficient (Wildman–Crippen LogP) is 3.99. The Balaban J connectivity index is 1.42. The second-order valence-corrected chi connectivity index (χ2v) is 7.04. The lowest BCUT2D eigenvalue weighted by molar-refractivity contribution is 0.249. The van der Waals surface area contributed by atoms with Crippen molar-refractivity contribution in [1.82, 2.24) is 14.9 Å². The summed E-state index contributed by atoms with van der Waals surface area (Å²) in [5, 5.41) is 3.00. The maximum atomic E-state index is 13.9. The average molecular weight is 377 g/mol. The molecule has 0 aliphatic carbocycles. The molecule has 5 nitrogen and oxygen atoms in total. The van der Waals surface area contributed by atoms with Gasteiger partial charge in [-0.1, -0.05) is 42.5 Å². The molecule has 6 heteroatoms. The van der Waals surface area contributed by atoms with Crippen molar-refractivity contribution >= 4 is 17.5 Å². The van der Waals surface area contributed by atoms with E-state index in [-0.39, 0.29) is 5.82 Å². The summed E-state index contributed by atoms with van der Waals surface area (Å²) in [4.78, 5) is 13.8. The smallest absolute Gasteiger partial charge is 0.229 e. The Morgan fingerprint density at radius 1 is 0.929 bits per heavy atom. The van der Waals surface area contributed by atoms with Crippen LogP contribution in [0, 0.1) is 12.7 Å². The molecular formula is C22H24FN5. The van der Waals surface area contributed by atoms with Crippen molar-refractivity contribution in [1.29, 1.82) is 0 Å². The van der Waals surface area contributed by atoms with Gasteiger partial charge in [-0.2, -0.15) is 4.98 Å². The summed E-state index contributed by atoms with van der Waals surface area (Å²) in [6.45, 7) is 6.67.